The van der Waals surface area contributed by atoms with Crippen molar-refractivity contribution in [2.24, 2.45) is 5.92 Å². The predicted octanol–water partition coefficient (Wildman–Crippen LogP) is 8.42. The van der Waals surface area contributed by atoms with Gasteiger partial charge in [-0.3, -0.25) is 4.79 Å². The molecule has 0 spiro atoms. The van der Waals surface area contributed by atoms with Crippen LogP contribution in [-0.4, -0.2) is 50.1 Å². The first kappa shape index (κ1) is 32.3. The van der Waals surface area contributed by atoms with E-state index in [0.717, 1.165) is 67.1 Å². The van der Waals surface area contributed by atoms with Crippen LogP contribution in [0.2, 0.25) is 0 Å². The van der Waals surface area contributed by atoms with Crippen molar-refractivity contribution in [3.8, 4) is 16.9 Å². The number of benzene rings is 3. The van der Waals surface area contributed by atoms with Crippen molar-refractivity contribution in [3.63, 3.8) is 0 Å². The summed E-state index contributed by atoms with van der Waals surface area (Å²) in [5, 5.41) is 2.65. The van der Waals surface area contributed by atoms with Gasteiger partial charge < -0.3 is 15.0 Å². The van der Waals surface area contributed by atoms with E-state index in [0.29, 0.717) is 17.0 Å². The Labute approximate surface area is 254 Å². The van der Waals surface area contributed by atoms with Gasteiger partial charge in [-0.2, -0.15) is 13.2 Å². The second-order valence-electron chi connectivity index (χ2n) is 11.7. The molecule has 1 fully saturated rings. The molecule has 5 rings (SSSR count). The van der Waals surface area contributed by atoms with Crippen LogP contribution >= 0.6 is 0 Å². The summed E-state index contributed by atoms with van der Waals surface area (Å²) in [5.41, 5.74) is 4.76. The first-order valence-electron chi connectivity index (χ1n) is 15.1. The quantitative estimate of drug-likeness (QED) is 0.190. The van der Waals surface area contributed by atoms with E-state index < -0.39 is 18.1 Å². The lowest BCUT2D eigenvalue weighted by Gasteiger charge is -2.36. The molecule has 1 aliphatic heterocycles. The van der Waals surface area contributed by atoms with E-state index >= 15 is 0 Å². The van der Waals surface area contributed by atoms with Gasteiger partial charge in [-0.15, -0.1) is 0 Å². The number of rotatable bonds is 10. The molecule has 230 valence electrons. The number of nitrogens with one attached hydrogen (secondary N) is 1. The fourth-order valence-electron chi connectivity index (χ4n) is 6.38. The molecule has 0 bridgehead atoms. The van der Waals surface area contributed by atoms with Crippen molar-refractivity contribution in [1.82, 2.24) is 10.2 Å². The normalized spacial score (nSPS) is 16.0. The molecule has 7 heteroatoms. The molecule has 43 heavy (non-hydrogen) atoms. The standard InChI is InChI=1S/C27H33F3N2.C9H10O2/c1-20-13-17-32(18-14-20)16-8-7-15-26(21(2)31-19-27(28,29)30)24-11-5-3-9-22(24)23-10-4-6-12-25(23)26;1-7(10)8-5-3-4-6-9(8)11-2/h3-6,9-12,20,31H,2,7-8,13-19H2,1H3;3-6H,1-2H3. The van der Waals surface area contributed by atoms with Gasteiger partial charge in [-0.25, -0.2) is 0 Å². The SMILES string of the molecule is C=C(NCC(F)(F)F)C1(CCCCN2CCC(C)CC2)c2ccccc2-c2ccccc21.COc1ccccc1C(C)=O. The zero-order valence-electron chi connectivity index (χ0n) is 25.5. The van der Waals surface area contributed by atoms with Gasteiger partial charge in [0.25, 0.3) is 0 Å². The zero-order chi connectivity index (χ0) is 31.0. The maximum Gasteiger partial charge on any atom is 0.405 e. The molecule has 1 N–H and O–H groups in total. The number of Topliss-reactive ketones (excluding diaryl/α,β-unsaturated/α-hetero) is 1. The third-order valence-corrected chi connectivity index (χ3v) is 8.72. The molecule has 0 radical (unpaired) electrons. The van der Waals surface area contributed by atoms with Crippen molar-refractivity contribution < 1.29 is 22.7 Å². The predicted molar refractivity (Wildman–Crippen MR) is 168 cm³/mol. The van der Waals surface area contributed by atoms with Crippen molar-refractivity contribution >= 4 is 5.78 Å². The van der Waals surface area contributed by atoms with Crippen LogP contribution in [0.3, 0.4) is 0 Å². The minimum atomic E-state index is -4.28. The maximum absolute atomic E-state index is 13.1. The molecule has 3 aromatic carbocycles. The molecular weight excluding hydrogens is 549 g/mol. The first-order chi connectivity index (χ1) is 20.6. The Balaban J connectivity index is 0.000000324. The monoisotopic (exact) mass is 592 g/mol. The number of carbonyl (C=O) groups excluding carboxylic acids is 1. The van der Waals surface area contributed by atoms with Crippen LogP contribution in [0.15, 0.2) is 85.1 Å². The van der Waals surface area contributed by atoms with Gasteiger partial charge >= 0.3 is 6.18 Å². The van der Waals surface area contributed by atoms with Crippen LogP contribution in [0.1, 0.15) is 67.4 Å². The van der Waals surface area contributed by atoms with Gasteiger partial charge in [-0.05, 0) is 92.5 Å². The van der Waals surface area contributed by atoms with Crippen LogP contribution in [0.5, 0.6) is 5.75 Å². The highest BCUT2D eigenvalue weighted by Crippen LogP contribution is 2.54. The number of unbranched alkanes of at least 4 members (excludes halogenated alkanes) is 1. The Morgan fingerprint density at radius 1 is 0.953 bits per heavy atom. The number of fused-ring (bicyclic) bond motifs is 3. The highest BCUT2D eigenvalue weighted by Gasteiger charge is 2.45. The number of hydrogen-bond acceptors (Lipinski definition) is 4. The highest BCUT2D eigenvalue weighted by atomic mass is 19.4. The van der Waals surface area contributed by atoms with E-state index in [4.69, 9.17) is 4.74 Å². The summed E-state index contributed by atoms with van der Waals surface area (Å²) in [6.45, 7) is 10.3. The lowest BCUT2D eigenvalue weighted by atomic mass is 9.72. The summed E-state index contributed by atoms with van der Waals surface area (Å²) in [4.78, 5) is 13.5. The molecule has 0 saturated carbocycles. The number of hydrogen-bond donors (Lipinski definition) is 1. The fourth-order valence-corrected chi connectivity index (χ4v) is 6.38. The van der Waals surface area contributed by atoms with Crippen molar-refractivity contribution in [3.05, 3.63) is 102 Å². The molecule has 0 amide bonds. The van der Waals surface area contributed by atoms with E-state index in [1.54, 1.807) is 19.2 Å². The Morgan fingerprint density at radius 3 is 2.05 bits per heavy atom. The molecule has 0 aromatic heterocycles. The average Bonchev–Trinajstić information content (AvgIpc) is 3.29. The number of halogens is 3. The van der Waals surface area contributed by atoms with E-state index in [1.165, 1.54) is 19.8 Å². The Morgan fingerprint density at radius 2 is 1.51 bits per heavy atom. The molecule has 0 atom stereocenters. The number of alkyl halides is 3. The Bertz CT molecular complexity index is 1350. The number of ketones is 1. The molecule has 1 heterocycles. The number of methoxy groups -OCH3 is 1. The van der Waals surface area contributed by atoms with E-state index in [9.17, 15) is 18.0 Å². The van der Waals surface area contributed by atoms with Crippen molar-refractivity contribution in [2.45, 2.75) is 57.5 Å². The van der Waals surface area contributed by atoms with E-state index in [-0.39, 0.29) is 5.78 Å². The maximum atomic E-state index is 13.1. The zero-order valence-corrected chi connectivity index (χ0v) is 25.5. The molecule has 1 aliphatic carbocycles. The van der Waals surface area contributed by atoms with Gasteiger partial charge in [0.15, 0.2) is 5.78 Å². The summed E-state index contributed by atoms with van der Waals surface area (Å²) in [5.74, 6) is 1.48. The third-order valence-electron chi connectivity index (χ3n) is 8.72. The largest absolute Gasteiger partial charge is 0.496 e. The number of piperidine rings is 1. The average molecular weight is 593 g/mol. The van der Waals surface area contributed by atoms with Crippen LogP contribution in [0, 0.1) is 5.92 Å². The fraction of sp³-hybridized carbons (Fsp3) is 0.417. The van der Waals surface area contributed by atoms with Crippen molar-refractivity contribution in [2.75, 3.05) is 33.3 Å². The molecule has 3 aromatic rings. The highest BCUT2D eigenvalue weighted by molar-refractivity contribution is 5.96. The minimum absolute atomic E-state index is 0.0300. The van der Waals surface area contributed by atoms with E-state index in [2.05, 4.69) is 48.0 Å². The molecular formula is C36H43F3N2O2. The van der Waals surface area contributed by atoms with Crippen LogP contribution in [0.25, 0.3) is 11.1 Å². The van der Waals surface area contributed by atoms with E-state index in [1.807, 2.05) is 36.4 Å². The van der Waals surface area contributed by atoms with Crippen LogP contribution in [0.4, 0.5) is 13.2 Å². The number of para-hydroxylation sites is 1. The van der Waals surface area contributed by atoms with Gasteiger partial charge in [0, 0.05) is 5.70 Å². The second kappa shape index (κ2) is 14.3. The number of ether oxygens (including phenoxy) is 1. The van der Waals surface area contributed by atoms with Crippen molar-refractivity contribution in [1.29, 1.82) is 0 Å². The van der Waals surface area contributed by atoms with Gasteiger partial charge in [0.1, 0.15) is 12.3 Å². The summed E-state index contributed by atoms with van der Waals surface area (Å²) < 4.78 is 44.1. The van der Waals surface area contributed by atoms with Crippen LogP contribution in [-0.2, 0) is 5.41 Å². The first-order valence-corrected chi connectivity index (χ1v) is 15.1. The Kier molecular flexibility index (Phi) is 10.7. The summed E-state index contributed by atoms with van der Waals surface area (Å²) in [6.07, 6.45) is 0.933. The second-order valence-corrected chi connectivity index (χ2v) is 11.7. The molecule has 1 saturated heterocycles. The number of nitrogens with zero attached hydrogens (tertiary/aromatic N) is 1. The lowest BCUT2D eigenvalue weighted by Crippen LogP contribution is -2.39. The number of allylic oxidation sites excluding steroid dienone is 1. The molecule has 2 aliphatic rings. The smallest absolute Gasteiger partial charge is 0.405 e. The summed E-state index contributed by atoms with van der Waals surface area (Å²) in [6, 6.07) is 23.4. The van der Waals surface area contributed by atoms with Gasteiger partial charge in [0.05, 0.1) is 18.1 Å². The summed E-state index contributed by atoms with van der Waals surface area (Å²) >= 11 is 0. The van der Waals surface area contributed by atoms with Gasteiger partial charge in [0.2, 0.25) is 0 Å². The molecule has 0 unspecified atom stereocenters. The topological polar surface area (TPSA) is 41.6 Å². The molecule has 4 nitrogen and oxygen atoms in total. The van der Waals surface area contributed by atoms with Gasteiger partial charge in [-0.1, -0.05) is 80.6 Å². The number of carbonyl (C=O) groups is 1. The minimum Gasteiger partial charge on any atom is -0.496 e. The van der Waals surface area contributed by atoms with Crippen LogP contribution < -0.4 is 10.1 Å². The Hall–Kier alpha value is -3.58. The summed E-state index contributed by atoms with van der Waals surface area (Å²) in [7, 11) is 1.56. The lowest BCUT2D eigenvalue weighted by molar-refractivity contribution is -0.123. The third kappa shape index (κ3) is 7.69. The number of likely N-dealkylation sites (tertiary alicyclic amines) is 1.